The van der Waals surface area contributed by atoms with Gasteiger partial charge in [-0.2, -0.15) is 0 Å². The lowest BCUT2D eigenvalue weighted by atomic mass is 10.2. The first-order chi connectivity index (χ1) is 8.25. The van der Waals surface area contributed by atoms with Gasteiger partial charge in [0.2, 0.25) is 0 Å². The Balaban J connectivity index is 2.26. The lowest BCUT2D eigenvalue weighted by Gasteiger charge is -1.96. The molecule has 0 saturated carbocycles. The molecule has 2 aromatic carbocycles. The molecule has 0 aliphatic rings. The Labute approximate surface area is 96.6 Å². The summed E-state index contributed by atoms with van der Waals surface area (Å²) in [5.74, 6) is 0.159. The second-order valence-corrected chi connectivity index (χ2v) is 3.74. The van der Waals surface area contributed by atoms with Gasteiger partial charge in [-0.1, -0.05) is 18.2 Å². The summed E-state index contributed by atoms with van der Waals surface area (Å²) in [7, 11) is 0. The molecule has 0 fully saturated rings. The molecule has 3 nitrogen and oxygen atoms in total. The minimum Gasteiger partial charge on any atom is -0.506 e. The molecule has 0 atom stereocenters. The Morgan fingerprint density at radius 2 is 1.88 bits per heavy atom. The highest BCUT2D eigenvalue weighted by Crippen LogP contribution is 2.27. The van der Waals surface area contributed by atoms with Gasteiger partial charge in [0.15, 0.2) is 0 Å². The zero-order valence-corrected chi connectivity index (χ0v) is 8.81. The number of hydrogen-bond acceptors (Lipinski definition) is 2. The fourth-order valence-corrected chi connectivity index (χ4v) is 1.80. The summed E-state index contributed by atoms with van der Waals surface area (Å²) < 4.78 is 13.6. The number of phenolic OH excluding ortho intramolecular Hbond substituents is 1. The van der Waals surface area contributed by atoms with E-state index >= 15 is 0 Å². The Bertz CT molecular complexity index is 691. The smallest absolute Gasteiger partial charge is 0.143 e. The summed E-state index contributed by atoms with van der Waals surface area (Å²) in [4.78, 5) is 7.18. The van der Waals surface area contributed by atoms with E-state index in [-0.39, 0.29) is 11.6 Å². The predicted octanol–water partition coefficient (Wildman–Crippen LogP) is 3.07. The summed E-state index contributed by atoms with van der Waals surface area (Å²) in [6.07, 6.45) is 0. The van der Waals surface area contributed by atoms with Crippen molar-refractivity contribution in [3.8, 4) is 17.1 Å². The molecule has 4 heteroatoms. The van der Waals surface area contributed by atoms with Crippen LogP contribution in [0.25, 0.3) is 22.4 Å². The molecule has 0 saturated heterocycles. The van der Waals surface area contributed by atoms with Crippen molar-refractivity contribution in [3.05, 3.63) is 48.3 Å². The number of para-hydroxylation sites is 1. The van der Waals surface area contributed by atoms with E-state index < -0.39 is 0 Å². The lowest BCUT2D eigenvalue weighted by Crippen LogP contribution is -1.84. The van der Waals surface area contributed by atoms with E-state index in [9.17, 15) is 9.50 Å². The summed E-state index contributed by atoms with van der Waals surface area (Å²) in [5.41, 5.74) is 1.53. The van der Waals surface area contributed by atoms with Crippen LogP contribution in [0.4, 0.5) is 4.39 Å². The fraction of sp³-hybridized carbons (Fsp3) is 0. The first-order valence-electron chi connectivity index (χ1n) is 5.18. The average molecular weight is 228 g/mol. The molecule has 3 aromatic rings. The number of rotatable bonds is 1. The number of H-pyrrole nitrogens is 1. The van der Waals surface area contributed by atoms with Crippen molar-refractivity contribution in [1.29, 1.82) is 0 Å². The molecule has 2 N–H and O–H groups in total. The summed E-state index contributed by atoms with van der Waals surface area (Å²) >= 11 is 0. The van der Waals surface area contributed by atoms with Crippen LogP contribution in [0, 0.1) is 5.82 Å². The van der Waals surface area contributed by atoms with Crippen LogP contribution in [0.3, 0.4) is 0 Å². The highest BCUT2D eigenvalue weighted by atomic mass is 19.1. The van der Waals surface area contributed by atoms with Gasteiger partial charge >= 0.3 is 0 Å². The molecule has 84 valence electrons. The monoisotopic (exact) mass is 228 g/mol. The fourth-order valence-electron chi connectivity index (χ4n) is 1.80. The van der Waals surface area contributed by atoms with Crippen LogP contribution < -0.4 is 0 Å². The van der Waals surface area contributed by atoms with Crippen molar-refractivity contribution in [1.82, 2.24) is 9.97 Å². The molecule has 0 bridgehead atoms. The van der Waals surface area contributed by atoms with Crippen molar-refractivity contribution in [2.24, 2.45) is 0 Å². The molecule has 17 heavy (non-hydrogen) atoms. The number of fused-ring (bicyclic) bond motifs is 1. The Kier molecular flexibility index (Phi) is 2.08. The number of imidazole rings is 1. The molecule has 0 spiro atoms. The molecular weight excluding hydrogens is 219 g/mol. The first-order valence-corrected chi connectivity index (χ1v) is 5.18. The van der Waals surface area contributed by atoms with Crippen LogP contribution in [0.1, 0.15) is 0 Å². The Morgan fingerprint density at radius 3 is 2.65 bits per heavy atom. The van der Waals surface area contributed by atoms with Gasteiger partial charge in [0.1, 0.15) is 22.9 Å². The number of halogens is 1. The summed E-state index contributed by atoms with van der Waals surface area (Å²) in [6.45, 7) is 0. The van der Waals surface area contributed by atoms with Gasteiger partial charge in [-0.15, -0.1) is 0 Å². The first kappa shape index (κ1) is 9.84. The molecule has 0 amide bonds. The van der Waals surface area contributed by atoms with Crippen molar-refractivity contribution in [2.75, 3.05) is 0 Å². The van der Waals surface area contributed by atoms with Gasteiger partial charge < -0.3 is 10.1 Å². The zero-order valence-electron chi connectivity index (χ0n) is 8.81. The highest BCUT2D eigenvalue weighted by molar-refractivity contribution is 5.84. The van der Waals surface area contributed by atoms with Crippen LogP contribution in [0.2, 0.25) is 0 Å². The maximum Gasteiger partial charge on any atom is 0.143 e. The van der Waals surface area contributed by atoms with E-state index in [0.29, 0.717) is 22.4 Å². The molecular formula is C13H9FN2O. The van der Waals surface area contributed by atoms with Gasteiger partial charge in [0.25, 0.3) is 0 Å². The second kappa shape index (κ2) is 3.59. The number of aromatic hydroxyl groups is 1. The molecule has 0 unspecified atom stereocenters. The van der Waals surface area contributed by atoms with E-state index in [4.69, 9.17) is 0 Å². The maximum absolute atomic E-state index is 13.6. The molecule has 1 aromatic heterocycles. The minimum atomic E-state index is -0.342. The number of benzene rings is 2. The number of phenols is 1. The molecule has 0 radical (unpaired) electrons. The predicted molar refractivity (Wildman–Crippen MR) is 63.2 cm³/mol. The minimum absolute atomic E-state index is 0.0846. The Hall–Kier alpha value is -2.36. The number of hydrogen-bond donors (Lipinski definition) is 2. The van der Waals surface area contributed by atoms with Crippen LogP contribution >= 0.6 is 0 Å². The third-order valence-electron chi connectivity index (χ3n) is 2.62. The van der Waals surface area contributed by atoms with E-state index in [1.807, 2.05) is 0 Å². The van der Waals surface area contributed by atoms with Crippen molar-refractivity contribution < 1.29 is 9.50 Å². The molecule has 0 aliphatic heterocycles. The normalized spacial score (nSPS) is 10.9. The van der Waals surface area contributed by atoms with Crippen molar-refractivity contribution in [3.63, 3.8) is 0 Å². The lowest BCUT2D eigenvalue weighted by molar-refractivity contribution is 0.480. The maximum atomic E-state index is 13.6. The third-order valence-corrected chi connectivity index (χ3v) is 2.62. The van der Waals surface area contributed by atoms with E-state index in [1.165, 1.54) is 6.07 Å². The number of aromatic nitrogens is 2. The highest BCUT2D eigenvalue weighted by Gasteiger charge is 2.10. The third kappa shape index (κ3) is 1.54. The van der Waals surface area contributed by atoms with Crippen LogP contribution in [-0.2, 0) is 0 Å². The Morgan fingerprint density at radius 1 is 1.06 bits per heavy atom. The van der Waals surface area contributed by atoms with Gasteiger partial charge in [0, 0.05) is 0 Å². The topological polar surface area (TPSA) is 48.9 Å². The van der Waals surface area contributed by atoms with Crippen LogP contribution in [-0.4, -0.2) is 15.1 Å². The number of aromatic amines is 1. The number of nitrogens with zero attached hydrogens (tertiary/aromatic N) is 1. The quantitative estimate of drug-likeness (QED) is 0.672. The van der Waals surface area contributed by atoms with E-state index in [2.05, 4.69) is 9.97 Å². The number of nitrogens with one attached hydrogen (secondary N) is 1. The van der Waals surface area contributed by atoms with E-state index in [0.717, 1.165) is 0 Å². The van der Waals surface area contributed by atoms with Crippen molar-refractivity contribution in [2.45, 2.75) is 0 Å². The van der Waals surface area contributed by atoms with Gasteiger partial charge in [-0.25, -0.2) is 9.37 Å². The summed E-state index contributed by atoms with van der Waals surface area (Å²) in [5, 5.41) is 9.62. The molecule has 1 heterocycles. The van der Waals surface area contributed by atoms with Gasteiger partial charge in [0.05, 0.1) is 11.1 Å². The zero-order chi connectivity index (χ0) is 11.8. The molecule has 0 aliphatic carbocycles. The summed E-state index contributed by atoms with van der Waals surface area (Å²) in [6, 6.07) is 11.4. The second-order valence-electron chi connectivity index (χ2n) is 3.74. The van der Waals surface area contributed by atoms with Crippen molar-refractivity contribution >= 4 is 11.0 Å². The van der Waals surface area contributed by atoms with Gasteiger partial charge in [-0.05, 0) is 24.3 Å². The molecule has 3 rings (SSSR count). The van der Waals surface area contributed by atoms with E-state index in [1.54, 1.807) is 36.4 Å². The standard InChI is InChI=1S/C13H9FN2O/c14-9-5-2-1-4-8(9)13-15-10-6-3-7-11(17)12(10)16-13/h1-7,17H,(H,15,16). The largest absolute Gasteiger partial charge is 0.506 e. The SMILES string of the molecule is Oc1cccc2[nH]c(-c3ccccc3F)nc12. The van der Waals surface area contributed by atoms with Gasteiger partial charge in [-0.3, -0.25) is 0 Å². The van der Waals surface area contributed by atoms with Crippen LogP contribution in [0.15, 0.2) is 42.5 Å². The average Bonchev–Trinajstić information content (AvgIpc) is 2.75. The van der Waals surface area contributed by atoms with Crippen LogP contribution in [0.5, 0.6) is 5.75 Å².